The lowest BCUT2D eigenvalue weighted by Crippen LogP contribution is -2.44. The molecule has 2 aromatic carbocycles. The number of hydrogen-bond acceptors (Lipinski definition) is 4. The van der Waals surface area contributed by atoms with Gasteiger partial charge in [0.2, 0.25) is 6.10 Å². The normalized spacial score (nSPS) is 23.3. The maximum atomic E-state index is 13.4. The number of carbonyl (C=O) groups is 1. The molecule has 0 aliphatic carbocycles. The molecule has 0 bridgehead atoms. The maximum Gasteiger partial charge on any atom is 0.272 e. The molecule has 3 unspecified atom stereocenters. The first-order chi connectivity index (χ1) is 15.6. The van der Waals surface area contributed by atoms with Gasteiger partial charge < -0.3 is 9.64 Å². The van der Waals surface area contributed by atoms with Crippen LogP contribution < -0.4 is 9.64 Å². The number of amides is 1. The van der Waals surface area contributed by atoms with Crippen molar-refractivity contribution in [2.45, 2.75) is 70.6 Å². The number of hydrogen-bond donors (Lipinski definition) is 0. The van der Waals surface area contributed by atoms with Crippen molar-refractivity contribution in [2.24, 2.45) is 0 Å². The topological polar surface area (TPSA) is 56.6 Å². The molecule has 1 amide bonds. The summed E-state index contributed by atoms with van der Waals surface area (Å²) in [5.41, 5.74) is 2.09. The largest absolute Gasteiger partial charge is 0.474 e. The molecule has 2 aliphatic heterocycles. The van der Waals surface area contributed by atoms with Crippen LogP contribution in [0.4, 0.5) is 5.69 Å². The van der Waals surface area contributed by atoms with Gasteiger partial charge in [0, 0.05) is 24.2 Å². The van der Waals surface area contributed by atoms with Gasteiger partial charge in [-0.15, -0.1) is 0 Å². The van der Waals surface area contributed by atoms with E-state index in [4.69, 9.17) is 4.74 Å². The second kappa shape index (κ2) is 10.2. The number of rotatable bonds is 7. The molecule has 0 aromatic heterocycles. The molecule has 4 rings (SSSR count). The lowest BCUT2D eigenvalue weighted by Gasteiger charge is -2.39. The fourth-order valence-corrected chi connectivity index (χ4v) is 5.09. The van der Waals surface area contributed by atoms with Crippen molar-refractivity contribution in [3.63, 3.8) is 0 Å². The van der Waals surface area contributed by atoms with Crippen molar-refractivity contribution in [1.29, 1.82) is 5.26 Å². The van der Waals surface area contributed by atoms with Gasteiger partial charge in [0.15, 0.2) is 0 Å². The average molecular weight is 432 g/mol. The van der Waals surface area contributed by atoms with E-state index in [1.807, 2.05) is 35.2 Å². The third-order valence-corrected chi connectivity index (χ3v) is 6.88. The van der Waals surface area contributed by atoms with Crippen molar-refractivity contribution < 1.29 is 9.53 Å². The van der Waals surface area contributed by atoms with Gasteiger partial charge in [-0.3, -0.25) is 9.69 Å². The second-order valence-corrected chi connectivity index (χ2v) is 9.12. The number of benzene rings is 2. The standard InChI is InChI=1S/C27H33N3O2/c1-20-10-8-11-21(2)29(20)16-6-3-7-17-30-24-14-4-5-15-25(24)32-26(27(30)31)23-13-9-12-22(18-23)19-28/h4-5,9,12-15,18,20-21,26H,3,6-8,10-11,16-17H2,1-2H3. The summed E-state index contributed by atoms with van der Waals surface area (Å²) in [6.45, 7) is 6.51. The molecule has 32 heavy (non-hydrogen) atoms. The molecule has 168 valence electrons. The van der Waals surface area contributed by atoms with Crippen LogP contribution in [-0.4, -0.2) is 36.0 Å². The Balaban J connectivity index is 1.40. The molecule has 1 fully saturated rings. The fourth-order valence-electron chi connectivity index (χ4n) is 5.09. The Kier molecular flexibility index (Phi) is 7.12. The van der Waals surface area contributed by atoms with Crippen molar-refractivity contribution >= 4 is 11.6 Å². The maximum absolute atomic E-state index is 13.4. The minimum Gasteiger partial charge on any atom is -0.474 e. The van der Waals surface area contributed by atoms with Crippen LogP contribution in [0.25, 0.3) is 0 Å². The number of likely N-dealkylation sites (tertiary alicyclic amines) is 1. The van der Waals surface area contributed by atoms with Crippen LogP contribution in [0.3, 0.4) is 0 Å². The van der Waals surface area contributed by atoms with Gasteiger partial charge in [-0.25, -0.2) is 0 Å². The molecule has 2 aliphatic rings. The zero-order chi connectivity index (χ0) is 22.5. The second-order valence-electron chi connectivity index (χ2n) is 9.12. The first kappa shape index (κ1) is 22.4. The van der Waals surface area contributed by atoms with Crippen LogP contribution in [0.5, 0.6) is 5.75 Å². The van der Waals surface area contributed by atoms with Gasteiger partial charge in [-0.2, -0.15) is 5.26 Å². The molecule has 0 spiro atoms. The summed E-state index contributed by atoms with van der Waals surface area (Å²) in [7, 11) is 0. The SMILES string of the molecule is CC1CCCC(C)N1CCCCCN1C(=O)C(c2cccc(C#N)c2)Oc2ccccc21. The number of nitrogens with zero attached hydrogens (tertiary/aromatic N) is 3. The number of nitriles is 1. The number of piperidine rings is 1. The highest BCUT2D eigenvalue weighted by molar-refractivity contribution is 6.00. The van der Waals surface area contributed by atoms with Crippen molar-refractivity contribution in [3.05, 3.63) is 59.7 Å². The third-order valence-electron chi connectivity index (χ3n) is 6.88. The Labute approximate surface area is 191 Å². The van der Waals surface area contributed by atoms with Crippen LogP contribution >= 0.6 is 0 Å². The van der Waals surface area contributed by atoms with Gasteiger partial charge in [0.1, 0.15) is 5.75 Å². The van der Waals surface area contributed by atoms with Crippen molar-refractivity contribution in [3.8, 4) is 11.8 Å². The highest BCUT2D eigenvalue weighted by Gasteiger charge is 2.35. The predicted molar refractivity (Wildman–Crippen MR) is 127 cm³/mol. The van der Waals surface area contributed by atoms with Gasteiger partial charge in [-0.1, -0.05) is 37.1 Å². The molecule has 5 heteroatoms. The zero-order valence-electron chi connectivity index (χ0n) is 19.2. The van der Waals surface area contributed by atoms with E-state index in [0.29, 0.717) is 24.2 Å². The van der Waals surface area contributed by atoms with E-state index in [-0.39, 0.29) is 5.91 Å². The van der Waals surface area contributed by atoms with E-state index in [1.54, 1.807) is 18.2 Å². The van der Waals surface area contributed by atoms with Crippen LogP contribution in [0.1, 0.15) is 69.6 Å². The minimum atomic E-state index is -0.715. The summed E-state index contributed by atoms with van der Waals surface area (Å²) < 4.78 is 6.08. The minimum absolute atomic E-state index is 0.0583. The zero-order valence-corrected chi connectivity index (χ0v) is 19.2. The molecule has 2 aromatic rings. The number of fused-ring (bicyclic) bond motifs is 1. The molecule has 2 heterocycles. The molecule has 1 saturated heterocycles. The number of anilines is 1. The Bertz CT molecular complexity index is 973. The Morgan fingerprint density at radius 1 is 1.00 bits per heavy atom. The lowest BCUT2D eigenvalue weighted by molar-refractivity contribution is -0.126. The van der Waals surface area contributed by atoms with E-state index >= 15 is 0 Å². The van der Waals surface area contributed by atoms with Gasteiger partial charge in [0.25, 0.3) is 5.91 Å². The summed E-state index contributed by atoms with van der Waals surface area (Å²) in [5.74, 6) is 0.660. The number of unbranched alkanes of at least 4 members (excludes halogenated alkanes) is 2. The summed E-state index contributed by atoms with van der Waals surface area (Å²) in [6.07, 6.45) is 6.45. The summed E-state index contributed by atoms with van der Waals surface area (Å²) in [6, 6.07) is 18.4. The Morgan fingerprint density at radius 2 is 1.75 bits per heavy atom. The van der Waals surface area contributed by atoms with E-state index in [2.05, 4.69) is 24.8 Å². The summed E-state index contributed by atoms with van der Waals surface area (Å²) in [5, 5.41) is 9.24. The quantitative estimate of drug-likeness (QED) is 0.547. The van der Waals surface area contributed by atoms with Crippen LogP contribution in [0.2, 0.25) is 0 Å². The summed E-state index contributed by atoms with van der Waals surface area (Å²) in [4.78, 5) is 17.9. The monoisotopic (exact) mass is 431 g/mol. The highest BCUT2D eigenvalue weighted by Crippen LogP contribution is 2.39. The van der Waals surface area contributed by atoms with Crippen molar-refractivity contribution in [2.75, 3.05) is 18.0 Å². The third kappa shape index (κ3) is 4.81. The number of carbonyl (C=O) groups excluding carboxylic acids is 1. The van der Waals surface area contributed by atoms with E-state index < -0.39 is 6.10 Å². The van der Waals surface area contributed by atoms with Crippen LogP contribution in [0.15, 0.2) is 48.5 Å². The first-order valence-electron chi connectivity index (χ1n) is 11.9. The molecule has 0 saturated carbocycles. The number of para-hydroxylation sites is 2. The fraction of sp³-hybridized carbons (Fsp3) is 0.481. The van der Waals surface area contributed by atoms with Gasteiger partial charge in [0.05, 0.1) is 17.3 Å². The number of ether oxygens (including phenoxy) is 1. The molecule has 0 N–H and O–H groups in total. The van der Waals surface area contributed by atoms with E-state index in [9.17, 15) is 10.1 Å². The van der Waals surface area contributed by atoms with E-state index in [1.165, 1.54) is 19.3 Å². The van der Waals surface area contributed by atoms with Gasteiger partial charge >= 0.3 is 0 Å². The smallest absolute Gasteiger partial charge is 0.272 e. The molecule has 3 atom stereocenters. The molecule has 5 nitrogen and oxygen atoms in total. The lowest BCUT2D eigenvalue weighted by atomic mass is 9.97. The molecular formula is C27H33N3O2. The van der Waals surface area contributed by atoms with Crippen LogP contribution in [-0.2, 0) is 4.79 Å². The Hall–Kier alpha value is -2.84. The Morgan fingerprint density at radius 3 is 2.53 bits per heavy atom. The van der Waals surface area contributed by atoms with Gasteiger partial charge in [-0.05, 0) is 70.3 Å². The highest BCUT2D eigenvalue weighted by atomic mass is 16.5. The summed E-state index contributed by atoms with van der Waals surface area (Å²) >= 11 is 0. The molecular weight excluding hydrogens is 398 g/mol. The average Bonchev–Trinajstić information content (AvgIpc) is 2.81. The molecule has 0 radical (unpaired) electrons. The van der Waals surface area contributed by atoms with Crippen molar-refractivity contribution in [1.82, 2.24) is 4.90 Å². The first-order valence-corrected chi connectivity index (χ1v) is 11.9. The van der Waals surface area contributed by atoms with Crippen LogP contribution in [0, 0.1) is 11.3 Å². The van der Waals surface area contributed by atoms with E-state index in [0.717, 1.165) is 42.8 Å². The predicted octanol–water partition coefficient (Wildman–Crippen LogP) is 5.46.